The molecular formula is C25H22FN3O5. The molecule has 1 amide bonds. The van der Waals surface area contributed by atoms with Crippen LogP contribution in [0.15, 0.2) is 75.9 Å². The highest BCUT2D eigenvalue weighted by molar-refractivity contribution is 5.92. The van der Waals surface area contributed by atoms with Crippen molar-refractivity contribution in [3.05, 3.63) is 101 Å². The van der Waals surface area contributed by atoms with Crippen molar-refractivity contribution in [1.29, 1.82) is 0 Å². The highest BCUT2D eigenvalue weighted by atomic mass is 19.1. The summed E-state index contributed by atoms with van der Waals surface area (Å²) in [5.41, 5.74) is 2.00. The molecule has 0 aliphatic carbocycles. The third-order valence-electron chi connectivity index (χ3n) is 5.34. The third kappa shape index (κ3) is 5.26. The van der Waals surface area contributed by atoms with Gasteiger partial charge in [0.25, 0.3) is 5.91 Å². The third-order valence-corrected chi connectivity index (χ3v) is 5.34. The molecule has 8 nitrogen and oxygen atoms in total. The van der Waals surface area contributed by atoms with Gasteiger partial charge in [0.05, 0.1) is 19.4 Å². The van der Waals surface area contributed by atoms with Crippen LogP contribution in [0.3, 0.4) is 0 Å². The molecule has 1 aliphatic rings. The van der Waals surface area contributed by atoms with E-state index in [9.17, 15) is 9.18 Å². The number of rotatable bonds is 9. The van der Waals surface area contributed by atoms with Crippen molar-refractivity contribution < 1.29 is 27.6 Å². The second-order valence-electron chi connectivity index (χ2n) is 7.90. The molecule has 1 N–H and O–H groups in total. The van der Waals surface area contributed by atoms with Gasteiger partial charge in [0.1, 0.15) is 11.6 Å². The number of carbonyl (C=O) groups excluding carboxylic acids is 1. The normalized spacial score (nSPS) is 12.3. The fraction of sp³-hybridized carbons (Fsp3) is 0.200. The van der Waals surface area contributed by atoms with Crippen LogP contribution in [0, 0.1) is 5.82 Å². The number of nitrogens with zero attached hydrogens (tertiary/aromatic N) is 2. The summed E-state index contributed by atoms with van der Waals surface area (Å²) in [6.07, 6.45) is 1.63. The SMILES string of the molecule is O=C(NCc1ccc(F)cc1)c1cc(CN(Cc2ccc3c(c2)OCO3)Cc2ccco2)on1. The van der Waals surface area contributed by atoms with E-state index >= 15 is 0 Å². The van der Waals surface area contributed by atoms with Crippen LogP contribution in [0.4, 0.5) is 4.39 Å². The first kappa shape index (κ1) is 21.7. The number of ether oxygens (including phenoxy) is 2. The number of aromatic nitrogens is 1. The summed E-state index contributed by atoms with van der Waals surface area (Å²) >= 11 is 0. The highest BCUT2D eigenvalue weighted by Gasteiger charge is 2.18. The Balaban J connectivity index is 1.24. The fourth-order valence-corrected chi connectivity index (χ4v) is 3.68. The summed E-state index contributed by atoms with van der Waals surface area (Å²) in [4.78, 5) is 14.6. The Morgan fingerprint density at radius 2 is 1.74 bits per heavy atom. The van der Waals surface area contributed by atoms with Gasteiger partial charge in [0, 0.05) is 19.2 Å². The first-order chi connectivity index (χ1) is 16.6. The van der Waals surface area contributed by atoms with E-state index in [2.05, 4.69) is 15.4 Å². The predicted molar refractivity (Wildman–Crippen MR) is 118 cm³/mol. The van der Waals surface area contributed by atoms with Crippen molar-refractivity contribution in [2.75, 3.05) is 6.79 Å². The maximum atomic E-state index is 13.0. The number of nitrogens with one attached hydrogen (secondary N) is 1. The number of hydrogen-bond donors (Lipinski definition) is 1. The minimum Gasteiger partial charge on any atom is -0.468 e. The first-order valence-corrected chi connectivity index (χ1v) is 10.7. The molecule has 2 aromatic carbocycles. The molecule has 0 radical (unpaired) electrons. The molecule has 34 heavy (non-hydrogen) atoms. The van der Waals surface area contributed by atoms with Crippen molar-refractivity contribution in [2.24, 2.45) is 0 Å². The lowest BCUT2D eigenvalue weighted by molar-refractivity contribution is 0.0941. The van der Waals surface area contributed by atoms with E-state index in [-0.39, 0.29) is 30.8 Å². The van der Waals surface area contributed by atoms with Crippen LogP contribution in [0.5, 0.6) is 11.5 Å². The van der Waals surface area contributed by atoms with Crippen molar-refractivity contribution in [3.63, 3.8) is 0 Å². The largest absolute Gasteiger partial charge is 0.468 e. The number of benzene rings is 2. The summed E-state index contributed by atoms with van der Waals surface area (Å²) in [5, 5.41) is 6.68. The molecule has 0 spiro atoms. The molecule has 5 rings (SSSR count). The molecule has 1 aliphatic heterocycles. The molecule has 174 valence electrons. The van der Waals surface area contributed by atoms with Crippen LogP contribution in [-0.4, -0.2) is 22.8 Å². The number of carbonyl (C=O) groups is 1. The standard InChI is InChI=1S/C25H22FN3O5/c26-19-6-3-17(4-7-19)12-27-25(30)22-11-21(34-28-22)15-29(14-20-2-1-9-31-20)13-18-5-8-23-24(10-18)33-16-32-23/h1-11H,12-16H2,(H,27,30). The van der Waals surface area contributed by atoms with E-state index in [0.717, 1.165) is 28.4 Å². The molecular weight excluding hydrogens is 441 g/mol. The van der Waals surface area contributed by atoms with Crippen LogP contribution < -0.4 is 14.8 Å². The smallest absolute Gasteiger partial charge is 0.273 e. The van der Waals surface area contributed by atoms with Gasteiger partial charge in [-0.05, 0) is 47.5 Å². The van der Waals surface area contributed by atoms with E-state index in [1.807, 2.05) is 30.3 Å². The number of furan rings is 1. The average molecular weight is 463 g/mol. The fourth-order valence-electron chi connectivity index (χ4n) is 3.68. The highest BCUT2D eigenvalue weighted by Crippen LogP contribution is 2.33. The number of halogens is 1. The predicted octanol–water partition coefficient (Wildman–Crippen LogP) is 4.27. The molecule has 0 saturated heterocycles. The second-order valence-corrected chi connectivity index (χ2v) is 7.90. The minimum absolute atomic E-state index is 0.179. The average Bonchev–Trinajstić information content (AvgIpc) is 3.60. The van der Waals surface area contributed by atoms with E-state index in [1.54, 1.807) is 24.5 Å². The van der Waals surface area contributed by atoms with Crippen LogP contribution >= 0.6 is 0 Å². The van der Waals surface area contributed by atoms with Crippen molar-refractivity contribution in [1.82, 2.24) is 15.4 Å². The second kappa shape index (κ2) is 9.80. The van der Waals surface area contributed by atoms with Crippen molar-refractivity contribution in [2.45, 2.75) is 26.2 Å². The van der Waals surface area contributed by atoms with Gasteiger partial charge < -0.3 is 23.7 Å². The summed E-state index contributed by atoms with van der Waals surface area (Å²) in [6, 6.07) is 17.1. The Morgan fingerprint density at radius 1 is 0.941 bits per heavy atom. The Kier molecular flexibility index (Phi) is 6.26. The number of fused-ring (bicyclic) bond motifs is 1. The van der Waals surface area contributed by atoms with E-state index in [0.29, 0.717) is 25.4 Å². The molecule has 0 unspecified atom stereocenters. The lowest BCUT2D eigenvalue weighted by Crippen LogP contribution is -2.23. The van der Waals surface area contributed by atoms with Gasteiger partial charge in [-0.25, -0.2) is 4.39 Å². The van der Waals surface area contributed by atoms with Gasteiger partial charge in [-0.1, -0.05) is 23.4 Å². The van der Waals surface area contributed by atoms with Crippen LogP contribution in [0.25, 0.3) is 0 Å². The van der Waals surface area contributed by atoms with E-state index in [4.69, 9.17) is 18.4 Å². The van der Waals surface area contributed by atoms with Gasteiger partial charge >= 0.3 is 0 Å². The zero-order valence-corrected chi connectivity index (χ0v) is 18.2. The molecule has 9 heteroatoms. The molecule has 0 saturated carbocycles. The lowest BCUT2D eigenvalue weighted by atomic mass is 10.1. The zero-order valence-electron chi connectivity index (χ0n) is 18.2. The summed E-state index contributed by atoms with van der Waals surface area (Å²) in [5.74, 6) is 2.10. The van der Waals surface area contributed by atoms with Gasteiger partial charge in [-0.2, -0.15) is 0 Å². The van der Waals surface area contributed by atoms with Gasteiger partial charge in [0.15, 0.2) is 23.0 Å². The summed E-state index contributed by atoms with van der Waals surface area (Å²) in [7, 11) is 0. The summed E-state index contributed by atoms with van der Waals surface area (Å²) in [6.45, 7) is 2.01. The first-order valence-electron chi connectivity index (χ1n) is 10.7. The van der Waals surface area contributed by atoms with Crippen LogP contribution in [0.1, 0.15) is 33.1 Å². The topological polar surface area (TPSA) is 90.0 Å². The van der Waals surface area contributed by atoms with Crippen LogP contribution in [-0.2, 0) is 26.2 Å². The Morgan fingerprint density at radius 3 is 2.56 bits per heavy atom. The number of amides is 1. The molecule has 0 fully saturated rings. The monoisotopic (exact) mass is 463 g/mol. The summed E-state index contributed by atoms with van der Waals surface area (Å²) < 4.78 is 34.9. The maximum Gasteiger partial charge on any atom is 0.273 e. The Bertz CT molecular complexity index is 1250. The molecule has 3 heterocycles. The van der Waals surface area contributed by atoms with Gasteiger partial charge in [-0.15, -0.1) is 0 Å². The van der Waals surface area contributed by atoms with Crippen molar-refractivity contribution in [3.8, 4) is 11.5 Å². The van der Waals surface area contributed by atoms with Crippen molar-refractivity contribution >= 4 is 5.91 Å². The lowest BCUT2D eigenvalue weighted by Gasteiger charge is -2.20. The molecule has 2 aromatic heterocycles. The molecule has 0 atom stereocenters. The van der Waals surface area contributed by atoms with E-state index in [1.165, 1.54) is 12.1 Å². The molecule has 0 bridgehead atoms. The van der Waals surface area contributed by atoms with Gasteiger partial charge in [0.2, 0.25) is 6.79 Å². The zero-order chi connectivity index (χ0) is 23.3. The maximum absolute atomic E-state index is 13.0. The minimum atomic E-state index is -0.368. The number of hydrogen-bond acceptors (Lipinski definition) is 7. The Hall–Kier alpha value is -4.11. The Labute approximate surface area is 194 Å². The van der Waals surface area contributed by atoms with E-state index < -0.39 is 0 Å². The molecule has 4 aromatic rings. The van der Waals surface area contributed by atoms with Gasteiger partial charge in [-0.3, -0.25) is 9.69 Å². The van der Waals surface area contributed by atoms with Crippen LogP contribution in [0.2, 0.25) is 0 Å². The quantitative estimate of drug-likeness (QED) is 0.397.